The highest BCUT2D eigenvalue weighted by atomic mass is 16.5. The van der Waals surface area contributed by atoms with Crippen LogP contribution in [0.5, 0.6) is 5.75 Å². The van der Waals surface area contributed by atoms with Crippen molar-refractivity contribution in [3.05, 3.63) is 58.8 Å². The van der Waals surface area contributed by atoms with Gasteiger partial charge < -0.3 is 14.5 Å². The summed E-state index contributed by atoms with van der Waals surface area (Å²) in [5.41, 5.74) is 4.41. The van der Waals surface area contributed by atoms with E-state index in [1.807, 2.05) is 64.1 Å². The molecule has 24 heavy (non-hydrogen) atoms. The zero-order valence-corrected chi connectivity index (χ0v) is 14.4. The first-order valence-electron chi connectivity index (χ1n) is 8.04. The van der Waals surface area contributed by atoms with Crippen molar-refractivity contribution in [1.82, 2.24) is 0 Å². The van der Waals surface area contributed by atoms with Crippen LogP contribution in [0.15, 0.2) is 40.8 Å². The van der Waals surface area contributed by atoms with E-state index in [1.54, 1.807) is 0 Å². The summed E-state index contributed by atoms with van der Waals surface area (Å²) in [6.45, 7) is 8.39. The molecule has 0 unspecified atom stereocenters. The van der Waals surface area contributed by atoms with Crippen LogP contribution < -0.4 is 10.1 Å². The Kier molecular flexibility index (Phi) is 4.30. The maximum atomic E-state index is 12.6. The number of amides is 1. The van der Waals surface area contributed by atoms with Gasteiger partial charge in [-0.15, -0.1) is 0 Å². The summed E-state index contributed by atoms with van der Waals surface area (Å²) >= 11 is 0. The van der Waals surface area contributed by atoms with Crippen LogP contribution in [0.4, 0.5) is 5.69 Å². The summed E-state index contributed by atoms with van der Waals surface area (Å²) in [5.74, 6) is 0.866. The van der Waals surface area contributed by atoms with Gasteiger partial charge in [0.2, 0.25) is 0 Å². The van der Waals surface area contributed by atoms with Crippen molar-refractivity contribution in [2.45, 2.75) is 27.7 Å². The molecule has 1 heterocycles. The third kappa shape index (κ3) is 3.00. The number of anilines is 1. The number of hydrogen-bond acceptors (Lipinski definition) is 3. The fraction of sp³-hybridized carbons (Fsp3) is 0.250. The van der Waals surface area contributed by atoms with Gasteiger partial charge in [0.05, 0.1) is 6.61 Å². The maximum absolute atomic E-state index is 12.6. The molecule has 0 saturated heterocycles. The molecule has 0 spiro atoms. The third-order valence-electron chi connectivity index (χ3n) is 4.07. The molecule has 0 bridgehead atoms. The average molecular weight is 323 g/mol. The molecular formula is C20H21NO3. The van der Waals surface area contributed by atoms with E-state index in [-0.39, 0.29) is 5.91 Å². The van der Waals surface area contributed by atoms with Crippen molar-refractivity contribution in [3.63, 3.8) is 0 Å². The van der Waals surface area contributed by atoms with Gasteiger partial charge >= 0.3 is 0 Å². The predicted octanol–water partition coefficient (Wildman–Crippen LogP) is 5.01. The Morgan fingerprint density at radius 1 is 1.12 bits per heavy atom. The molecule has 3 aromatic rings. The van der Waals surface area contributed by atoms with Gasteiger partial charge in [0.25, 0.3) is 5.91 Å². The number of rotatable bonds is 4. The van der Waals surface area contributed by atoms with Crippen molar-refractivity contribution in [1.29, 1.82) is 0 Å². The lowest BCUT2D eigenvalue weighted by molar-refractivity contribution is 0.0998. The van der Waals surface area contributed by atoms with Gasteiger partial charge in [0.1, 0.15) is 11.3 Å². The lowest BCUT2D eigenvalue weighted by atomic mass is 10.1. The smallest absolute Gasteiger partial charge is 0.291 e. The average Bonchev–Trinajstić information content (AvgIpc) is 2.88. The van der Waals surface area contributed by atoms with E-state index in [1.165, 1.54) is 0 Å². The first-order chi connectivity index (χ1) is 11.5. The van der Waals surface area contributed by atoms with Crippen LogP contribution in [-0.4, -0.2) is 12.5 Å². The zero-order valence-electron chi connectivity index (χ0n) is 14.4. The molecule has 3 rings (SSSR count). The van der Waals surface area contributed by atoms with Gasteiger partial charge in [-0.05, 0) is 63.1 Å². The number of benzene rings is 2. The topological polar surface area (TPSA) is 51.5 Å². The van der Waals surface area contributed by atoms with E-state index in [4.69, 9.17) is 9.15 Å². The van der Waals surface area contributed by atoms with E-state index < -0.39 is 0 Å². The van der Waals surface area contributed by atoms with Crippen molar-refractivity contribution in [2.24, 2.45) is 0 Å². The minimum Gasteiger partial charge on any atom is -0.494 e. The van der Waals surface area contributed by atoms with E-state index in [9.17, 15) is 4.79 Å². The Hall–Kier alpha value is -2.75. The lowest BCUT2D eigenvalue weighted by Gasteiger charge is -2.08. The van der Waals surface area contributed by atoms with Gasteiger partial charge in [-0.2, -0.15) is 0 Å². The Balaban J connectivity index is 1.95. The Labute approximate surface area is 141 Å². The molecule has 0 aliphatic heterocycles. The van der Waals surface area contributed by atoms with Gasteiger partial charge in [-0.1, -0.05) is 12.1 Å². The van der Waals surface area contributed by atoms with Crippen molar-refractivity contribution in [3.8, 4) is 5.75 Å². The van der Waals surface area contributed by atoms with Crippen LogP contribution in [0.1, 0.15) is 34.2 Å². The maximum Gasteiger partial charge on any atom is 0.291 e. The van der Waals surface area contributed by atoms with Gasteiger partial charge in [0.15, 0.2) is 5.76 Å². The molecule has 0 fully saturated rings. The highest BCUT2D eigenvalue weighted by molar-refractivity contribution is 6.06. The molecule has 0 saturated carbocycles. The summed E-state index contributed by atoms with van der Waals surface area (Å²) in [5, 5.41) is 3.84. The Bertz CT molecular complexity index is 909. The van der Waals surface area contributed by atoms with Crippen molar-refractivity contribution in [2.75, 3.05) is 11.9 Å². The van der Waals surface area contributed by atoms with E-state index in [0.717, 1.165) is 33.5 Å². The van der Waals surface area contributed by atoms with E-state index >= 15 is 0 Å². The molecule has 2 aromatic carbocycles. The third-order valence-corrected chi connectivity index (χ3v) is 4.07. The molecular weight excluding hydrogens is 302 g/mol. The number of hydrogen-bond donors (Lipinski definition) is 1. The molecule has 1 aromatic heterocycles. The lowest BCUT2D eigenvalue weighted by Crippen LogP contribution is -2.13. The van der Waals surface area contributed by atoms with Gasteiger partial charge in [0, 0.05) is 16.6 Å². The monoisotopic (exact) mass is 323 g/mol. The molecule has 0 atom stereocenters. The van der Waals surface area contributed by atoms with E-state index in [2.05, 4.69) is 5.32 Å². The standard InChI is InChI=1S/C20H21NO3/c1-5-23-15-8-9-18-16(11-15)14(4)19(24-18)20(22)21-17-10-12(2)6-7-13(17)3/h6-11H,5H2,1-4H3,(H,21,22). The number of carbonyl (C=O) groups excluding carboxylic acids is 1. The van der Waals surface area contributed by atoms with Crippen molar-refractivity contribution >= 4 is 22.6 Å². The van der Waals surface area contributed by atoms with Crippen LogP contribution in [0, 0.1) is 20.8 Å². The molecule has 1 amide bonds. The number of aryl methyl sites for hydroxylation is 3. The number of furan rings is 1. The fourth-order valence-corrected chi connectivity index (χ4v) is 2.72. The molecule has 4 nitrogen and oxygen atoms in total. The minimum absolute atomic E-state index is 0.240. The molecule has 0 radical (unpaired) electrons. The quantitative estimate of drug-likeness (QED) is 0.734. The normalized spacial score (nSPS) is 10.8. The second-order valence-electron chi connectivity index (χ2n) is 5.92. The predicted molar refractivity (Wildman–Crippen MR) is 96.0 cm³/mol. The van der Waals surface area contributed by atoms with Crippen LogP contribution in [0.2, 0.25) is 0 Å². The van der Waals surface area contributed by atoms with Gasteiger partial charge in [-0.3, -0.25) is 4.79 Å². The van der Waals surface area contributed by atoms with Crippen molar-refractivity contribution < 1.29 is 13.9 Å². The van der Waals surface area contributed by atoms with Crippen LogP contribution in [0.3, 0.4) is 0 Å². The first-order valence-corrected chi connectivity index (χ1v) is 8.04. The summed E-state index contributed by atoms with van der Waals surface area (Å²) < 4.78 is 11.3. The summed E-state index contributed by atoms with van der Waals surface area (Å²) in [4.78, 5) is 12.6. The first kappa shape index (κ1) is 16.1. The number of ether oxygens (including phenoxy) is 1. The fourth-order valence-electron chi connectivity index (χ4n) is 2.72. The van der Waals surface area contributed by atoms with Gasteiger partial charge in [-0.25, -0.2) is 0 Å². The molecule has 124 valence electrons. The number of nitrogens with one attached hydrogen (secondary N) is 1. The van der Waals surface area contributed by atoms with Crippen LogP contribution >= 0.6 is 0 Å². The SMILES string of the molecule is CCOc1ccc2oc(C(=O)Nc3cc(C)ccc3C)c(C)c2c1. The second-order valence-corrected chi connectivity index (χ2v) is 5.92. The summed E-state index contributed by atoms with van der Waals surface area (Å²) in [7, 11) is 0. The molecule has 0 aliphatic carbocycles. The van der Waals surface area contributed by atoms with E-state index in [0.29, 0.717) is 18.0 Å². The molecule has 4 heteroatoms. The minimum atomic E-state index is -0.240. The largest absolute Gasteiger partial charge is 0.494 e. The van der Waals surface area contributed by atoms with Crippen LogP contribution in [0.25, 0.3) is 11.0 Å². The second kappa shape index (κ2) is 6.40. The zero-order chi connectivity index (χ0) is 17.3. The number of carbonyl (C=O) groups is 1. The summed E-state index contributed by atoms with van der Waals surface area (Å²) in [6, 6.07) is 11.6. The highest BCUT2D eigenvalue weighted by Crippen LogP contribution is 2.29. The Morgan fingerprint density at radius 3 is 2.67 bits per heavy atom. The van der Waals surface area contributed by atoms with Crippen LogP contribution in [-0.2, 0) is 0 Å². The summed E-state index contributed by atoms with van der Waals surface area (Å²) in [6.07, 6.45) is 0. The Morgan fingerprint density at radius 2 is 1.92 bits per heavy atom. The molecule has 1 N–H and O–H groups in total. The number of fused-ring (bicyclic) bond motifs is 1. The molecule has 0 aliphatic rings. The highest BCUT2D eigenvalue weighted by Gasteiger charge is 2.19.